The van der Waals surface area contributed by atoms with Crippen LogP contribution in [0.5, 0.6) is 0 Å². The maximum Gasteiger partial charge on any atom is 0.256 e. The number of aryl methyl sites for hydroxylation is 1. The molecule has 0 unspecified atom stereocenters. The lowest BCUT2D eigenvalue weighted by atomic mass is 9.93. The van der Waals surface area contributed by atoms with Gasteiger partial charge in [-0.15, -0.1) is 12.4 Å². The summed E-state index contributed by atoms with van der Waals surface area (Å²) in [5.74, 6) is -0.752. The smallest absolute Gasteiger partial charge is 0.256 e. The van der Waals surface area contributed by atoms with E-state index in [0.717, 1.165) is 0 Å². The molecule has 0 spiro atoms. The van der Waals surface area contributed by atoms with E-state index in [2.05, 4.69) is 0 Å². The van der Waals surface area contributed by atoms with Gasteiger partial charge in [-0.05, 0) is 30.5 Å². The molecule has 0 bridgehead atoms. The molecule has 0 aromatic heterocycles. The molecule has 2 N–H and O–H groups in total. The van der Waals surface area contributed by atoms with Crippen molar-refractivity contribution in [2.75, 3.05) is 20.1 Å². The molecule has 19 heavy (non-hydrogen) atoms. The fourth-order valence-corrected chi connectivity index (χ4v) is 1.80. The van der Waals surface area contributed by atoms with Crippen LogP contribution in [0.4, 0.5) is 4.39 Å². The first-order valence-electron chi connectivity index (χ1n) is 5.99. The monoisotopic (exact) mass is 288 g/mol. The summed E-state index contributed by atoms with van der Waals surface area (Å²) >= 11 is 0. The SMILES string of the molecule is Cc1cccc(C(=O)N(C)CC(C)(C)CN)c1F.Cl. The summed E-state index contributed by atoms with van der Waals surface area (Å²) in [6, 6.07) is 4.85. The number of nitrogens with two attached hydrogens (primary N) is 1. The van der Waals surface area contributed by atoms with Crippen LogP contribution in [0, 0.1) is 18.2 Å². The number of carbonyl (C=O) groups is 1. The van der Waals surface area contributed by atoms with Gasteiger partial charge in [0.1, 0.15) is 5.82 Å². The van der Waals surface area contributed by atoms with Crippen molar-refractivity contribution in [3.05, 3.63) is 35.1 Å². The molecule has 1 amide bonds. The number of amides is 1. The topological polar surface area (TPSA) is 46.3 Å². The molecule has 1 aromatic rings. The third kappa shape index (κ3) is 4.48. The van der Waals surface area contributed by atoms with Gasteiger partial charge in [0.05, 0.1) is 5.56 Å². The number of hydrogen-bond acceptors (Lipinski definition) is 2. The molecular formula is C14H22ClFN2O. The van der Waals surface area contributed by atoms with Crippen LogP contribution in [0.2, 0.25) is 0 Å². The minimum atomic E-state index is -0.445. The molecule has 0 heterocycles. The normalized spacial score (nSPS) is 10.8. The van der Waals surface area contributed by atoms with Gasteiger partial charge in [-0.3, -0.25) is 4.79 Å². The number of carbonyl (C=O) groups excluding carboxylic acids is 1. The first-order valence-corrected chi connectivity index (χ1v) is 5.99. The second-order valence-corrected chi connectivity index (χ2v) is 5.47. The molecular weight excluding hydrogens is 267 g/mol. The van der Waals surface area contributed by atoms with Crippen LogP contribution in [-0.2, 0) is 0 Å². The van der Waals surface area contributed by atoms with E-state index in [4.69, 9.17) is 5.73 Å². The summed E-state index contributed by atoms with van der Waals surface area (Å²) < 4.78 is 13.9. The molecule has 0 aliphatic heterocycles. The Morgan fingerprint density at radius 2 is 2.00 bits per heavy atom. The van der Waals surface area contributed by atoms with Crippen molar-refractivity contribution in [1.29, 1.82) is 0 Å². The zero-order valence-corrected chi connectivity index (χ0v) is 12.7. The number of hydrogen-bond donors (Lipinski definition) is 1. The first-order chi connectivity index (χ1) is 8.28. The maximum absolute atomic E-state index is 13.9. The lowest BCUT2D eigenvalue weighted by molar-refractivity contribution is 0.0735. The highest BCUT2D eigenvalue weighted by molar-refractivity contribution is 5.94. The van der Waals surface area contributed by atoms with E-state index in [9.17, 15) is 9.18 Å². The highest BCUT2D eigenvalue weighted by Crippen LogP contribution is 2.18. The Morgan fingerprint density at radius 3 is 2.53 bits per heavy atom. The second-order valence-electron chi connectivity index (χ2n) is 5.47. The Kier molecular flexibility index (Phi) is 6.46. The maximum atomic E-state index is 13.9. The van der Waals surface area contributed by atoms with Crippen LogP contribution in [0.25, 0.3) is 0 Å². The predicted octanol–water partition coefficient (Wildman–Crippen LogP) is 2.61. The van der Waals surface area contributed by atoms with Crippen molar-refractivity contribution in [1.82, 2.24) is 4.90 Å². The van der Waals surface area contributed by atoms with Crippen LogP contribution < -0.4 is 5.73 Å². The number of rotatable bonds is 4. The van der Waals surface area contributed by atoms with Gasteiger partial charge < -0.3 is 10.6 Å². The molecule has 0 atom stereocenters. The highest BCUT2D eigenvalue weighted by Gasteiger charge is 2.23. The van der Waals surface area contributed by atoms with E-state index in [1.54, 1.807) is 26.1 Å². The third-order valence-electron chi connectivity index (χ3n) is 2.99. The van der Waals surface area contributed by atoms with Crippen molar-refractivity contribution in [3.8, 4) is 0 Å². The van der Waals surface area contributed by atoms with Crippen molar-refractivity contribution in [3.63, 3.8) is 0 Å². The Labute approximate surface area is 120 Å². The molecule has 108 valence electrons. The summed E-state index contributed by atoms with van der Waals surface area (Å²) in [6.45, 7) is 6.57. The Hall–Kier alpha value is -1.13. The molecule has 3 nitrogen and oxygen atoms in total. The van der Waals surface area contributed by atoms with Crippen LogP contribution in [0.3, 0.4) is 0 Å². The van der Waals surface area contributed by atoms with Crippen molar-refractivity contribution in [2.45, 2.75) is 20.8 Å². The predicted molar refractivity (Wildman–Crippen MR) is 78.2 cm³/mol. The first kappa shape index (κ1) is 17.9. The number of benzene rings is 1. The standard InChI is InChI=1S/C14H21FN2O.ClH/c1-10-6-5-7-11(12(10)15)13(18)17(4)9-14(2,3)8-16;/h5-7H,8-9,16H2,1-4H3;1H. The van der Waals surface area contributed by atoms with E-state index in [1.807, 2.05) is 13.8 Å². The van der Waals surface area contributed by atoms with Crippen molar-refractivity contribution < 1.29 is 9.18 Å². The largest absolute Gasteiger partial charge is 0.341 e. The summed E-state index contributed by atoms with van der Waals surface area (Å²) in [4.78, 5) is 13.7. The van der Waals surface area contributed by atoms with Gasteiger partial charge in [-0.25, -0.2) is 4.39 Å². The molecule has 0 saturated heterocycles. The minimum Gasteiger partial charge on any atom is -0.341 e. The third-order valence-corrected chi connectivity index (χ3v) is 2.99. The Balaban J connectivity index is 0.00000324. The van der Waals surface area contributed by atoms with Gasteiger partial charge in [0, 0.05) is 13.6 Å². The van der Waals surface area contributed by atoms with Crippen LogP contribution >= 0.6 is 12.4 Å². The lowest BCUT2D eigenvalue weighted by Gasteiger charge is -2.29. The van der Waals surface area contributed by atoms with Gasteiger partial charge in [-0.1, -0.05) is 26.0 Å². The van der Waals surface area contributed by atoms with Crippen LogP contribution in [0.1, 0.15) is 29.8 Å². The quantitative estimate of drug-likeness (QED) is 0.926. The molecule has 1 aromatic carbocycles. The van der Waals surface area contributed by atoms with Gasteiger partial charge >= 0.3 is 0 Å². The van der Waals surface area contributed by atoms with E-state index >= 15 is 0 Å². The molecule has 0 aliphatic carbocycles. The van der Waals surface area contributed by atoms with E-state index in [1.165, 1.54) is 11.0 Å². The Bertz CT molecular complexity index is 449. The van der Waals surface area contributed by atoms with Gasteiger partial charge in [0.2, 0.25) is 0 Å². The van der Waals surface area contributed by atoms with Crippen molar-refractivity contribution in [2.24, 2.45) is 11.1 Å². The van der Waals surface area contributed by atoms with Gasteiger partial charge in [0.15, 0.2) is 0 Å². The molecule has 0 fully saturated rings. The van der Waals surface area contributed by atoms with Crippen LogP contribution in [-0.4, -0.2) is 30.9 Å². The molecule has 5 heteroatoms. The summed E-state index contributed by atoms with van der Waals surface area (Å²) in [5.41, 5.74) is 6.05. The summed E-state index contributed by atoms with van der Waals surface area (Å²) in [6.07, 6.45) is 0. The van der Waals surface area contributed by atoms with E-state index in [0.29, 0.717) is 18.7 Å². The molecule has 0 radical (unpaired) electrons. The highest BCUT2D eigenvalue weighted by atomic mass is 35.5. The zero-order chi connectivity index (χ0) is 13.9. The summed E-state index contributed by atoms with van der Waals surface area (Å²) in [5, 5.41) is 0. The van der Waals surface area contributed by atoms with Gasteiger partial charge in [0.25, 0.3) is 5.91 Å². The van der Waals surface area contributed by atoms with Gasteiger partial charge in [-0.2, -0.15) is 0 Å². The average molecular weight is 289 g/mol. The molecule has 0 saturated carbocycles. The van der Waals surface area contributed by atoms with E-state index in [-0.39, 0.29) is 29.3 Å². The Morgan fingerprint density at radius 1 is 1.42 bits per heavy atom. The lowest BCUT2D eigenvalue weighted by Crippen LogP contribution is -2.40. The van der Waals surface area contributed by atoms with Crippen molar-refractivity contribution >= 4 is 18.3 Å². The summed E-state index contributed by atoms with van der Waals surface area (Å²) in [7, 11) is 1.67. The van der Waals surface area contributed by atoms with E-state index < -0.39 is 5.82 Å². The van der Waals surface area contributed by atoms with Crippen LogP contribution in [0.15, 0.2) is 18.2 Å². The molecule has 1 rings (SSSR count). The zero-order valence-electron chi connectivity index (χ0n) is 11.9. The average Bonchev–Trinajstić information content (AvgIpc) is 2.31. The second kappa shape index (κ2) is 6.87. The fraction of sp³-hybridized carbons (Fsp3) is 0.500. The number of halogens is 2. The molecule has 0 aliphatic rings. The number of nitrogens with zero attached hydrogens (tertiary/aromatic N) is 1. The fourth-order valence-electron chi connectivity index (χ4n) is 1.80. The minimum absolute atomic E-state index is 0.